The number of rotatable bonds is 6. The number of aryl methyl sites for hydroxylation is 3. The van der Waals surface area contributed by atoms with Crippen LogP contribution in [0.15, 0.2) is 48.8 Å². The number of hydrogen-bond donors (Lipinski definition) is 2. The maximum absolute atomic E-state index is 13.8. The second-order valence-corrected chi connectivity index (χ2v) is 10.6. The van der Waals surface area contributed by atoms with Crippen LogP contribution in [0.1, 0.15) is 46.6 Å². The first-order chi connectivity index (χ1) is 17.7. The highest BCUT2D eigenvalue weighted by Crippen LogP contribution is 2.34. The fourth-order valence-electron chi connectivity index (χ4n) is 5.65. The molecule has 2 atom stereocenters. The number of carbonyl (C=O) groups is 1. The Hall–Kier alpha value is -3.26. The number of anilines is 2. The lowest BCUT2D eigenvalue weighted by molar-refractivity contribution is -0.119. The van der Waals surface area contributed by atoms with Crippen molar-refractivity contribution in [1.29, 1.82) is 0 Å². The number of piperidine rings is 1. The average molecular weight is 508 g/mol. The number of aromatic nitrogens is 2. The number of benzene rings is 2. The lowest BCUT2D eigenvalue weighted by Gasteiger charge is -2.35. The first-order valence-corrected chi connectivity index (χ1v) is 13.0. The first-order valence-electron chi connectivity index (χ1n) is 13.0. The van der Waals surface area contributed by atoms with Crippen molar-refractivity contribution in [1.82, 2.24) is 14.9 Å². The largest absolute Gasteiger partial charge is 0.371 e. The summed E-state index contributed by atoms with van der Waals surface area (Å²) in [6.07, 6.45) is 3.26. The van der Waals surface area contributed by atoms with Crippen molar-refractivity contribution in [3.8, 4) is 0 Å². The number of alkyl halides is 2. The molecule has 1 aromatic heterocycles. The standard InChI is InChI=1S/C29H35F2N5O/c1-19-5-7-23(21(3)14-19)24-16-32-17-25(24)27(37)34-28-33-10-13-36(28)18-22-6-4-20(2)15-26(22)35-11-8-29(30,31)9-12-35/h4-7,10,13-15,24-25,32H,8-9,11-12,16-18H2,1-3H3,(H,33,34,37)/t24-,25+/m0/s1. The lowest BCUT2D eigenvalue weighted by atomic mass is 9.85. The van der Waals surface area contributed by atoms with E-state index in [1.54, 1.807) is 6.20 Å². The van der Waals surface area contributed by atoms with Crippen LogP contribution in [-0.2, 0) is 11.3 Å². The van der Waals surface area contributed by atoms with Gasteiger partial charge in [-0.25, -0.2) is 13.8 Å². The van der Waals surface area contributed by atoms with Gasteiger partial charge in [0.25, 0.3) is 5.92 Å². The van der Waals surface area contributed by atoms with E-state index in [-0.39, 0.29) is 30.6 Å². The van der Waals surface area contributed by atoms with Crippen molar-refractivity contribution < 1.29 is 13.6 Å². The zero-order valence-corrected chi connectivity index (χ0v) is 21.7. The topological polar surface area (TPSA) is 62.2 Å². The van der Waals surface area contributed by atoms with Crippen molar-refractivity contribution >= 4 is 17.5 Å². The van der Waals surface area contributed by atoms with Crippen molar-refractivity contribution in [2.24, 2.45) is 5.92 Å². The van der Waals surface area contributed by atoms with Crippen LogP contribution in [0.2, 0.25) is 0 Å². The number of nitrogens with zero attached hydrogens (tertiary/aromatic N) is 3. The second kappa shape index (κ2) is 10.2. The smallest absolute Gasteiger partial charge is 0.251 e. The fourth-order valence-corrected chi connectivity index (χ4v) is 5.65. The van der Waals surface area contributed by atoms with Gasteiger partial charge in [-0.1, -0.05) is 35.9 Å². The van der Waals surface area contributed by atoms with Crippen molar-refractivity contribution in [3.63, 3.8) is 0 Å². The van der Waals surface area contributed by atoms with E-state index in [0.29, 0.717) is 32.1 Å². The minimum absolute atomic E-state index is 0.0511. The van der Waals surface area contributed by atoms with Gasteiger partial charge in [0.15, 0.2) is 0 Å². The SMILES string of the molecule is Cc1ccc([C@@H]2CNC[C@H]2C(=O)Nc2nccn2Cc2ccc(C)cc2N2CCC(F)(F)CC2)c(C)c1. The van der Waals surface area contributed by atoms with E-state index in [1.807, 2.05) is 34.7 Å². The molecule has 2 aromatic carbocycles. The van der Waals surface area contributed by atoms with Crippen LogP contribution in [0.3, 0.4) is 0 Å². The summed E-state index contributed by atoms with van der Waals surface area (Å²) in [6, 6.07) is 12.5. The summed E-state index contributed by atoms with van der Waals surface area (Å²) in [6.45, 7) is 8.71. The minimum Gasteiger partial charge on any atom is -0.371 e. The molecule has 2 aliphatic heterocycles. The zero-order valence-electron chi connectivity index (χ0n) is 21.7. The molecule has 0 bridgehead atoms. The number of carbonyl (C=O) groups excluding carboxylic acids is 1. The van der Waals surface area contributed by atoms with E-state index in [4.69, 9.17) is 0 Å². The van der Waals surface area contributed by atoms with E-state index >= 15 is 0 Å². The Labute approximate surface area is 217 Å². The molecule has 6 nitrogen and oxygen atoms in total. The molecule has 2 aliphatic rings. The van der Waals surface area contributed by atoms with Crippen LogP contribution in [0.5, 0.6) is 0 Å². The molecule has 1 amide bonds. The minimum atomic E-state index is -2.59. The Kier molecular flexibility index (Phi) is 7.03. The van der Waals surface area contributed by atoms with Crippen LogP contribution in [-0.4, -0.2) is 47.6 Å². The van der Waals surface area contributed by atoms with Gasteiger partial charge in [0.05, 0.1) is 12.5 Å². The predicted molar refractivity (Wildman–Crippen MR) is 143 cm³/mol. The fraction of sp³-hybridized carbons (Fsp3) is 0.448. The molecule has 8 heteroatoms. The third kappa shape index (κ3) is 5.54. The third-order valence-electron chi connectivity index (χ3n) is 7.74. The third-order valence-corrected chi connectivity index (χ3v) is 7.74. The number of imidazole rings is 1. The van der Waals surface area contributed by atoms with Crippen molar-refractivity contribution in [2.45, 2.75) is 52.0 Å². The molecule has 0 radical (unpaired) electrons. The van der Waals surface area contributed by atoms with Crippen molar-refractivity contribution in [2.75, 3.05) is 36.4 Å². The Morgan fingerprint density at radius 2 is 1.81 bits per heavy atom. The summed E-state index contributed by atoms with van der Waals surface area (Å²) in [7, 11) is 0. The van der Waals surface area contributed by atoms with Gasteiger partial charge in [-0.15, -0.1) is 0 Å². The van der Waals surface area contributed by atoms with Gasteiger partial charge in [-0.2, -0.15) is 0 Å². The molecular formula is C29H35F2N5O. The van der Waals surface area contributed by atoms with E-state index in [2.05, 4.69) is 53.7 Å². The first kappa shape index (κ1) is 25.4. The molecule has 2 fully saturated rings. The molecular weight excluding hydrogens is 472 g/mol. The highest BCUT2D eigenvalue weighted by Gasteiger charge is 2.36. The summed E-state index contributed by atoms with van der Waals surface area (Å²) < 4.78 is 29.5. The highest BCUT2D eigenvalue weighted by molar-refractivity contribution is 5.92. The van der Waals surface area contributed by atoms with E-state index in [1.165, 1.54) is 16.7 Å². The van der Waals surface area contributed by atoms with Crippen LogP contribution < -0.4 is 15.5 Å². The molecule has 0 saturated carbocycles. The van der Waals surface area contributed by atoms with Crippen LogP contribution in [0, 0.1) is 26.7 Å². The Morgan fingerprint density at radius 1 is 1.08 bits per heavy atom. The molecule has 196 valence electrons. The van der Waals surface area contributed by atoms with Crippen LogP contribution >= 0.6 is 0 Å². The summed E-state index contributed by atoms with van der Waals surface area (Å²) in [5, 5.41) is 6.45. The van der Waals surface area contributed by atoms with E-state index in [0.717, 1.165) is 23.4 Å². The van der Waals surface area contributed by atoms with Gasteiger partial charge >= 0.3 is 0 Å². The number of nitrogens with one attached hydrogen (secondary N) is 2. The maximum Gasteiger partial charge on any atom is 0.251 e. The molecule has 5 rings (SSSR count). The molecule has 3 heterocycles. The maximum atomic E-state index is 13.8. The van der Waals surface area contributed by atoms with Gasteiger partial charge in [0.1, 0.15) is 0 Å². The zero-order chi connectivity index (χ0) is 26.2. The number of amides is 1. The normalized spacial score (nSPS) is 21.3. The molecule has 0 unspecified atom stereocenters. The summed E-state index contributed by atoms with van der Waals surface area (Å²) in [5.41, 5.74) is 6.69. The van der Waals surface area contributed by atoms with Gasteiger partial charge in [-0.05, 0) is 49.1 Å². The second-order valence-electron chi connectivity index (χ2n) is 10.6. The average Bonchev–Trinajstić information content (AvgIpc) is 3.50. The van der Waals surface area contributed by atoms with E-state index < -0.39 is 5.92 Å². The van der Waals surface area contributed by atoms with Gasteiger partial charge in [-0.3, -0.25) is 10.1 Å². The summed E-state index contributed by atoms with van der Waals surface area (Å²) in [5.74, 6) is -2.24. The monoisotopic (exact) mass is 507 g/mol. The molecule has 0 aliphatic carbocycles. The Balaban J connectivity index is 1.33. The lowest BCUT2D eigenvalue weighted by Crippen LogP contribution is -2.39. The Bertz CT molecular complexity index is 1280. The number of hydrogen-bond acceptors (Lipinski definition) is 4. The summed E-state index contributed by atoms with van der Waals surface area (Å²) in [4.78, 5) is 19.9. The molecule has 37 heavy (non-hydrogen) atoms. The van der Waals surface area contributed by atoms with Crippen molar-refractivity contribution in [3.05, 3.63) is 76.6 Å². The quantitative estimate of drug-likeness (QED) is 0.491. The van der Waals surface area contributed by atoms with Gasteiger partial charge in [0.2, 0.25) is 11.9 Å². The van der Waals surface area contributed by atoms with Gasteiger partial charge < -0.3 is 14.8 Å². The molecule has 0 spiro atoms. The Morgan fingerprint density at radius 3 is 2.57 bits per heavy atom. The molecule has 2 saturated heterocycles. The van der Waals surface area contributed by atoms with Crippen LogP contribution in [0.4, 0.5) is 20.4 Å². The molecule has 3 aromatic rings. The van der Waals surface area contributed by atoms with Crippen LogP contribution in [0.25, 0.3) is 0 Å². The highest BCUT2D eigenvalue weighted by atomic mass is 19.3. The van der Waals surface area contributed by atoms with Gasteiger partial charge in [0, 0.05) is 63.0 Å². The summed E-state index contributed by atoms with van der Waals surface area (Å²) >= 11 is 0. The predicted octanol–water partition coefficient (Wildman–Crippen LogP) is 5.03. The number of halogens is 2. The molecule has 2 N–H and O–H groups in total. The van der Waals surface area contributed by atoms with E-state index in [9.17, 15) is 13.6 Å².